The van der Waals surface area contributed by atoms with Crippen LogP contribution in [0.25, 0.3) is 0 Å². The number of hydrogen-bond acceptors (Lipinski definition) is 6. The Bertz CT molecular complexity index is 951. The lowest BCUT2D eigenvalue weighted by molar-refractivity contribution is 0.0601. The molecular weight excluding hydrogens is 352 g/mol. The summed E-state index contributed by atoms with van der Waals surface area (Å²) in [6.07, 6.45) is 0. The monoisotopic (exact) mass is 376 g/mol. The van der Waals surface area contributed by atoms with E-state index in [1.54, 1.807) is 24.3 Å². The average Bonchev–Trinajstić information content (AvgIpc) is 2.68. The fourth-order valence-corrected chi connectivity index (χ4v) is 2.72. The Morgan fingerprint density at radius 3 is 2.14 bits per heavy atom. The van der Waals surface area contributed by atoms with Crippen molar-refractivity contribution in [3.05, 3.63) is 71.4 Å². The molecule has 1 aromatic heterocycles. The maximum atomic E-state index is 11.5. The van der Waals surface area contributed by atoms with E-state index in [0.717, 1.165) is 17.1 Å². The Morgan fingerprint density at radius 1 is 0.929 bits per heavy atom. The summed E-state index contributed by atoms with van der Waals surface area (Å²) in [7, 11) is 1.36. The molecule has 2 N–H and O–H groups in total. The third kappa shape index (κ3) is 4.85. The molecule has 1 heterocycles. The first-order chi connectivity index (χ1) is 13.4. The molecule has 0 aliphatic rings. The molecule has 0 radical (unpaired) electrons. The van der Waals surface area contributed by atoms with E-state index in [0.29, 0.717) is 23.2 Å². The molecule has 6 nitrogen and oxygen atoms in total. The number of aryl methyl sites for hydroxylation is 1. The van der Waals surface area contributed by atoms with Crippen molar-refractivity contribution in [2.75, 3.05) is 17.7 Å². The Kier molecular flexibility index (Phi) is 5.89. The predicted octanol–water partition coefficient (Wildman–Crippen LogP) is 5.18. The van der Waals surface area contributed by atoms with Crippen LogP contribution in [-0.4, -0.2) is 23.0 Å². The van der Waals surface area contributed by atoms with Gasteiger partial charge in [0, 0.05) is 23.1 Å². The normalized spacial score (nSPS) is 10.6. The van der Waals surface area contributed by atoms with E-state index in [2.05, 4.69) is 46.6 Å². The summed E-state index contributed by atoms with van der Waals surface area (Å²) in [5.74, 6) is 1.32. The highest BCUT2D eigenvalue weighted by Gasteiger charge is 2.07. The van der Waals surface area contributed by atoms with Crippen LogP contribution in [0.5, 0.6) is 0 Å². The molecule has 0 fully saturated rings. The van der Waals surface area contributed by atoms with E-state index in [1.165, 1.54) is 12.7 Å². The number of ether oxygens (including phenoxy) is 1. The second-order valence-electron chi connectivity index (χ2n) is 6.81. The van der Waals surface area contributed by atoms with Crippen molar-refractivity contribution < 1.29 is 9.53 Å². The fourth-order valence-electron chi connectivity index (χ4n) is 2.72. The highest BCUT2D eigenvalue weighted by molar-refractivity contribution is 5.89. The average molecular weight is 376 g/mol. The van der Waals surface area contributed by atoms with E-state index in [1.807, 2.05) is 25.1 Å². The van der Waals surface area contributed by atoms with Gasteiger partial charge in [0.1, 0.15) is 5.82 Å². The predicted molar refractivity (Wildman–Crippen MR) is 112 cm³/mol. The van der Waals surface area contributed by atoms with Crippen molar-refractivity contribution in [2.45, 2.75) is 26.7 Å². The minimum absolute atomic E-state index is 0.367. The van der Waals surface area contributed by atoms with Crippen LogP contribution in [0.1, 0.15) is 41.4 Å². The highest BCUT2D eigenvalue weighted by atomic mass is 16.5. The van der Waals surface area contributed by atoms with Crippen LogP contribution in [0.3, 0.4) is 0 Å². The van der Waals surface area contributed by atoms with E-state index in [9.17, 15) is 4.79 Å². The number of anilines is 4. The number of aromatic nitrogens is 2. The summed E-state index contributed by atoms with van der Waals surface area (Å²) >= 11 is 0. The molecule has 0 saturated carbocycles. The molecular formula is C22H24N4O2. The largest absolute Gasteiger partial charge is 0.465 e. The van der Waals surface area contributed by atoms with Gasteiger partial charge in [-0.15, -0.1) is 0 Å². The Hall–Kier alpha value is -3.41. The van der Waals surface area contributed by atoms with Crippen LogP contribution in [-0.2, 0) is 4.74 Å². The maximum absolute atomic E-state index is 11.5. The molecule has 0 aliphatic carbocycles. The van der Waals surface area contributed by atoms with Gasteiger partial charge in [-0.1, -0.05) is 26.0 Å². The fraction of sp³-hybridized carbons (Fsp3) is 0.227. The number of nitrogens with zero attached hydrogens (tertiary/aromatic N) is 2. The molecule has 0 amide bonds. The molecule has 0 aliphatic heterocycles. The van der Waals surface area contributed by atoms with Gasteiger partial charge < -0.3 is 15.4 Å². The second-order valence-corrected chi connectivity index (χ2v) is 6.81. The first-order valence-corrected chi connectivity index (χ1v) is 9.12. The molecule has 0 saturated heterocycles. The lowest BCUT2D eigenvalue weighted by atomic mass is 10.0. The van der Waals surface area contributed by atoms with Gasteiger partial charge in [0.25, 0.3) is 0 Å². The third-order valence-electron chi connectivity index (χ3n) is 4.27. The Morgan fingerprint density at radius 2 is 1.54 bits per heavy atom. The van der Waals surface area contributed by atoms with Crippen molar-refractivity contribution in [1.82, 2.24) is 9.97 Å². The number of nitrogens with one attached hydrogen (secondary N) is 2. The molecule has 6 heteroatoms. The molecule has 3 aromatic rings. The zero-order chi connectivity index (χ0) is 20.1. The summed E-state index contributed by atoms with van der Waals surface area (Å²) in [5, 5.41) is 6.48. The molecule has 144 valence electrons. The third-order valence-corrected chi connectivity index (χ3v) is 4.27. The van der Waals surface area contributed by atoms with Crippen LogP contribution in [0, 0.1) is 6.92 Å². The van der Waals surface area contributed by atoms with Gasteiger partial charge in [-0.3, -0.25) is 0 Å². The summed E-state index contributed by atoms with van der Waals surface area (Å²) in [5.41, 5.74) is 4.37. The summed E-state index contributed by atoms with van der Waals surface area (Å²) in [6, 6.07) is 17.2. The number of rotatable bonds is 6. The van der Waals surface area contributed by atoms with Gasteiger partial charge in [0.2, 0.25) is 5.95 Å². The molecule has 28 heavy (non-hydrogen) atoms. The van der Waals surface area contributed by atoms with Crippen molar-refractivity contribution in [2.24, 2.45) is 0 Å². The SMILES string of the molecule is COC(=O)c1ccc(Nc2nc(C)cc(Nc3ccc(C(C)C)cc3)n2)cc1. The standard InChI is InChI=1S/C22H24N4O2/c1-14(2)16-5-9-18(10-6-16)24-20-13-15(3)23-22(26-20)25-19-11-7-17(8-12-19)21(27)28-4/h5-14H,1-4H3,(H2,23,24,25,26). The first-order valence-electron chi connectivity index (χ1n) is 9.12. The van der Waals surface area contributed by atoms with Crippen molar-refractivity contribution >= 4 is 29.1 Å². The first kappa shape index (κ1) is 19.4. The summed E-state index contributed by atoms with van der Waals surface area (Å²) in [4.78, 5) is 20.5. The van der Waals surface area contributed by atoms with E-state index < -0.39 is 0 Å². The number of carbonyl (C=O) groups excluding carboxylic acids is 1. The van der Waals surface area contributed by atoms with Gasteiger partial charge in [-0.05, 0) is 54.8 Å². The van der Waals surface area contributed by atoms with Crippen LogP contribution < -0.4 is 10.6 Å². The number of esters is 1. The molecule has 0 bridgehead atoms. The van der Waals surface area contributed by atoms with Crippen molar-refractivity contribution in [3.8, 4) is 0 Å². The van der Waals surface area contributed by atoms with Crippen LogP contribution in [0.4, 0.5) is 23.1 Å². The lowest BCUT2D eigenvalue weighted by Crippen LogP contribution is -2.03. The van der Waals surface area contributed by atoms with Crippen LogP contribution in [0.15, 0.2) is 54.6 Å². The number of carbonyl (C=O) groups is 1. The maximum Gasteiger partial charge on any atom is 0.337 e. The molecule has 3 rings (SSSR count). The number of hydrogen-bond donors (Lipinski definition) is 2. The van der Waals surface area contributed by atoms with Gasteiger partial charge in [-0.25, -0.2) is 9.78 Å². The minimum Gasteiger partial charge on any atom is -0.465 e. The Labute approximate surface area is 165 Å². The van der Waals surface area contributed by atoms with Crippen molar-refractivity contribution in [1.29, 1.82) is 0 Å². The second kappa shape index (κ2) is 8.52. The minimum atomic E-state index is -0.367. The summed E-state index contributed by atoms with van der Waals surface area (Å²) < 4.78 is 4.71. The van der Waals surface area contributed by atoms with E-state index >= 15 is 0 Å². The zero-order valence-corrected chi connectivity index (χ0v) is 16.5. The number of methoxy groups -OCH3 is 1. The van der Waals surface area contributed by atoms with Gasteiger partial charge in [-0.2, -0.15) is 4.98 Å². The summed E-state index contributed by atoms with van der Waals surface area (Å²) in [6.45, 7) is 6.26. The molecule has 0 spiro atoms. The topological polar surface area (TPSA) is 76.1 Å². The quantitative estimate of drug-likeness (QED) is 0.577. The smallest absolute Gasteiger partial charge is 0.337 e. The molecule has 0 atom stereocenters. The molecule has 2 aromatic carbocycles. The highest BCUT2D eigenvalue weighted by Crippen LogP contribution is 2.22. The van der Waals surface area contributed by atoms with Gasteiger partial charge >= 0.3 is 5.97 Å². The number of benzene rings is 2. The van der Waals surface area contributed by atoms with Crippen molar-refractivity contribution in [3.63, 3.8) is 0 Å². The lowest BCUT2D eigenvalue weighted by Gasteiger charge is -2.11. The van der Waals surface area contributed by atoms with Gasteiger partial charge in [0.05, 0.1) is 12.7 Å². The van der Waals surface area contributed by atoms with E-state index in [4.69, 9.17) is 4.74 Å². The Balaban J connectivity index is 1.75. The van der Waals surface area contributed by atoms with Crippen LogP contribution in [0.2, 0.25) is 0 Å². The van der Waals surface area contributed by atoms with Crippen LogP contribution >= 0.6 is 0 Å². The zero-order valence-electron chi connectivity index (χ0n) is 16.5. The molecule has 0 unspecified atom stereocenters. The van der Waals surface area contributed by atoms with Gasteiger partial charge in [0.15, 0.2) is 0 Å². The van der Waals surface area contributed by atoms with E-state index in [-0.39, 0.29) is 5.97 Å².